The van der Waals surface area contributed by atoms with Gasteiger partial charge in [-0.1, -0.05) is 36.4 Å². The minimum atomic E-state index is -0.478. The average molecular weight is 321 g/mol. The fourth-order valence-corrected chi connectivity index (χ4v) is 2.16. The Hall–Kier alpha value is -3.26. The number of aryl methyl sites for hydroxylation is 1. The molecule has 2 aromatic carbocycles. The maximum Gasteiger partial charge on any atom is 0.263 e. The van der Waals surface area contributed by atoms with Crippen LogP contribution in [0, 0.1) is 18.3 Å². The van der Waals surface area contributed by atoms with E-state index < -0.39 is 5.91 Å². The number of amides is 1. The predicted molar refractivity (Wildman–Crippen MR) is 93.2 cm³/mol. The summed E-state index contributed by atoms with van der Waals surface area (Å²) in [5, 5.41) is 24.6. The molecular weight excluding hydrogens is 302 g/mol. The molecular formula is C19H19N3O2. The van der Waals surface area contributed by atoms with Crippen molar-refractivity contribution in [2.75, 3.05) is 5.32 Å². The van der Waals surface area contributed by atoms with Crippen LogP contribution in [0.3, 0.4) is 0 Å². The molecule has 0 aliphatic rings. The molecule has 1 unspecified atom stereocenters. The van der Waals surface area contributed by atoms with Gasteiger partial charge in [0.05, 0.1) is 11.7 Å². The molecule has 1 amide bonds. The second-order valence-electron chi connectivity index (χ2n) is 5.44. The molecule has 0 heterocycles. The molecule has 0 aromatic heterocycles. The first kappa shape index (κ1) is 17.1. The van der Waals surface area contributed by atoms with Gasteiger partial charge in [0.2, 0.25) is 0 Å². The van der Waals surface area contributed by atoms with Crippen LogP contribution in [0.2, 0.25) is 0 Å². The Morgan fingerprint density at radius 2 is 1.96 bits per heavy atom. The second kappa shape index (κ2) is 7.84. The zero-order valence-corrected chi connectivity index (χ0v) is 13.6. The number of aromatic hydroxyl groups is 1. The number of anilines is 1. The molecule has 0 radical (unpaired) electrons. The van der Waals surface area contributed by atoms with E-state index in [9.17, 15) is 15.2 Å². The van der Waals surface area contributed by atoms with Crippen molar-refractivity contribution in [3.8, 4) is 11.8 Å². The van der Waals surface area contributed by atoms with Crippen LogP contribution < -0.4 is 10.6 Å². The second-order valence-corrected chi connectivity index (χ2v) is 5.44. The Bertz CT molecular complexity index is 792. The summed E-state index contributed by atoms with van der Waals surface area (Å²) in [6.45, 7) is 3.73. The van der Waals surface area contributed by atoms with Crippen molar-refractivity contribution in [2.45, 2.75) is 19.9 Å². The van der Waals surface area contributed by atoms with E-state index in [4.69, 9.17) is 0 Å². The maximum absolute atomic E-state index is 12.2. The van der Waals surface area contributed by atoms with Crippen LogP contribution in [0.25, 0.3) is 0 Å². The summed E-state index contributed by atoms with van der Waals surface area (Å²) in [5.41, 5.74) is 2.27. The van der Waals surface area contributed by atoms with E-state index in [1.807, 2.05) is 50.2 Å². The Kier molecular flexibility index (Phi) is 5.58. The van der Waals surface area contributed by atoms with Crippen molar-refractivity contribution in [3.05, 3.63) is 71.4 Å². The lowest BCUT2D eigenvalue weighted by molar-refractivity contribution is -0.117. The molecule has 3 N–H and O–H groups in total. The molecule has 1 atom stereocenters. The molecule has 0 saturated heterocycles. The summed E-state index contributed by atoms with van der Waals surface area (Å²) in [6, 6.07) is 16.2. The first-order chi connectivity index (χ1) is 11.5. The fourth-order valence-electron chi connectivity index (χ4n) is 2.16. The van der Waals surface area contributed by atoms with Gasteiger partial charge >= 0.3 is 0 Å². The van der Waals surface area contributed by atoms with E-state index in [1.54, 1.807) is 18.2 Å². The van der Waals surface area contributed by atoms with E-state index in [1.165, 1.54) is 6.20 Å². The first-order valence-corrected chi connectivity index (χ1v) is 7.53. The normalized spacial score (nSPS) is 12.1. The van der Waals surface area contributed by atoms with Gasteiger partial charge in [-0.25, -0.2) is 0 Å². The molecule has 0 spiro atoms. The maximum atomic E-state index is 12.2. The van der Waals surface area contributed by atoms with Crippen LogP contribution in [-0.4, -0.2) is 11.0 Å². The van der Waals surface area contributed by atoms with Gasteiger partial charge in [-0.3, -0.25) is 4.79 Å². The van der Waals surface area contributed by atoms with Crippen molar-refractivity contribution in [1.82, 2.24) is 5.32 Å². The van der Waals surface area contributed by atoms with Crippen LogP contribution in [0.15, 0.2) is 60.3 Å². The lowest BCUT2D eigenvalue weighted by Gasteiger charge is -2.14. The number of rotatable bonds is 5. The monoisotopic (exact) mass is 321 g/mol. The summed E-state index contributed by atoms with van der Waals surface area (Å²) in [7, 11) is 0. The van der Waals surface area contributed by atoms with Crippen molar-refractivity contribution < 1.29 is 9.90 Å². The highest BCUT2D eigenvalue weighted by Gasteiger charge is 2.13. The lowest BCUT2D eigenvalue weighted by Crippen LogP contribution is -2.28. The molecule has 2 rings (SSSR count). The Labute approximate surface area is 141 Å². The lowest BCUT2D eigenvalue weighted by atomic mass is 10.1. The topological polar surface area (TPSA) is 85.2 Å². The molecule has 24 heavy (non-hydrogen) atoms. The summed E-state index contributed by atoms with van der Waals surface area (Å²) in [5.74, 6) is -0.430. The van der Waals surface area contributed by atoms with Gasteiger partial charge in [0.15, 0.2) is 0 Å². The van der Waals surface area contributed by atoms with Crippen LogP contribution in [0.5, 0.6) is 5.75 Å². The Balaban J connectivity index is 2.08. The van der Waals surface area contributed by atoms with Gasteiger partial charge in [-0.05, 0) is 37.1 Å². The summed E-state index contributed by atoms with van der Waals surface area (Å²) >= 11 is 0. The third kappa shape index (κ3) is 4.37. The number of hydrogen-bond donors (Lipinski definition) is 3. The quantitative estimate of drug-likeness (QED) is 0.447. The number of hydrogen-bond acceptors (Lipinski definition) is 4. The van der Waals surface area contributed by atoms with E-state index in [0.29, 0.717) is 5.69 Å². The molecule has 0 saturated carbocycles. The largest absolute Gasteiger partial charge is 0.506 e. The number of phenols is 1. The van der Waals surface area contributed by atoms with Crippen LogP contribution in [-0.2, 0) is 4.79 Å². The number of benzene rings is 2. The molecule has 2 aromatic rings. The van der Waals surface area contributed by atoms with Crippen LogP contribution >= 0.6 is 0 Å². The van der Waals surface area contributed by atoms with Gasteiger partial charge < -0.3 is 15.7 Å². The van der Waals surface area contributed by atoms with E-state index >= 15 is 0 Å². The minimum Gasteiger partial charge on any atom is -0.506 e. The van der Waals surface area contributed by atoms with E-state index in [0.717, 1.165) is 11.1 Å². The van der Waals surface area contributed by atoms with E-state index in [-0.39, 0.29) is 17.4 Å². The molecule has 0 aliphatic carbocycles. The molecule has 0 fully saturated rings. The third-order valence-electron chi connectivity index (χ3n) is 3.54. The van der Waals surface area contributed by atoms with Gasteiger partial charge in [0.1, 0.15) is 17.4 Å². The third-order valence-corrected chi connectivity index (χ3v) is 3.54. The van der Waals surface area contributed by atoms with Crippen LogP contribution in [0.1, 0.15) is 24.1 Å². The highest BCUT2D eigenvalue weighted by atomic mass is 16.3. The summed E-state index contributed by atoms with van der Waals surface area (Å²) in [4.78, 5) is 12.2. The SMILES string of the molecule is Cc1ccc(O)c(N/C=C(/C#N)C(=O)NC(C)c2ccccc2)c1. The molecule has 0 bridgehead atoms. The highest BCUT2D eigenvalue weighted by Crippen LogP contribution is 2.24. The Morgan fingerprint density at radius 1 is 1.25 bits per heavy atom. The smallest absolute Gasteiger partial charge is 0.263 e. The number of nitrogens with one attached hydrogen (secondary N) is 2. The van der Waals surface area contributed by atoms with Gasteiger partial charge in [-0.2, -0.15) is 5.26 Å². The number of phenolic OH excluding ortho intramolecular Hbond substituents is 1. The minimum absolute atomic E-state index is 0.0483. The molecule has 122 valence electrons. The van der Waals surface area contributed by atoms with Crippen molar-refractivity contribution in [2.24, 2.45) is 0 Å². The first-order valence-electron chi connectivity index (χ1n) is 7.53. The highest BCUT2D eigenvalue weighted by molar-refractivity contribution is 5.97. The van der Waals surface area contributed by atoms with Crippen molar-refractivity contribution in [1.29, 1.82) is 5.26 Å². The summed E-state index contributed by atoms with van der Waals surface area (Å²) < 4.78 is 0. The van der Waals surface area contributed by atoms with Crippen molar-refractivity contribution >= 4 is 11.6 Å². The van der Waals surface area contributed by atoms with E-state index in [2.05, 4.69) is 10.6 Å². The number of carbonyl (C=O) groups excluding carboxylic acids is 1. The van der Waals surface area contributed by atoms with Crippen molar-refractivity contribution in [3.63, 3.8) is 0 Å². The zero-order valence-electron chi connectivity index (χ0n) is 13.6. The fraction of sp³-hybridized carbons (Fsp3) is 0.158. The average Bonchev–Trinajstić information content (AvgIpc) is 2.59. The molecule has 5 heteroatoms. The van der Waals surface area contributed by atoms with Gasteiger partial charge in [0.25, 0.3) is 5.91 Å². The van der Waals surface area contributed by atoms with Gasteiger partial charge in [0, 0.05) is 6.20 Å². The predicted octanol–water partition coefficient (Wildman–Crippen LogP) is 3.40. The summed E-state index contributed by atoms with van der Waals surface area (Å²) in [6.07, 6.45) is 1.29. The number of carbonyl (C=O) groups is 1. The standard InChI is InChI=1S/C19H19N3O2/c1-13-8-9-18(23)17(10-13)21-12-16(11-20)19(24)22-14(2)15-6-4-3-5-7-15/h3-10,12,14,21,23H,1-2H3,(H,22,24)/b16-12-. The van der Waals surface area contributed by atoms with Crippen LogP contribution in [0.4, 0.5) is 5.69 Å². The zero-order chi connectivity index (χ0) is 17.5. The molecule has 0 aliphatic heterocycles. The number of nitriles is 1. The Morgan fingerprint density at radius 3 is 2.62 bits per heavy atom. The molecule has 5 nitrogen and oxygen atoms in total. The van der Waals surface area contributed by atoms with Gasteiger partial charge in [-0.15, -0.1) is 0 Å². The number of nitrogens with zero attached hydrogens (tertiary/aromatic N) is 1.